The molecule has 0 aromatic heterocycles. The van der Waals surface area contributed by atoms with Crippen molar-refractivity contribution in [3.8, 4) is 17.9 Å². The van der Waals surface area contributed by atoms with Crippen LogP contribution in [0.5, 0.6) is 5.75 Å². The highest BCUT2D eigenvalue weighted by molar-refractivity contribution is 5.90. The number of para-hydroxylation sites is 1. The first-order valence-corrected chi connectivity index (χ1v) is 8.29. The Hall–Kier alpha value is -3.89. The van der Waals surface area contributed by atoms with Crippen molar-refractivity contribution in [1.82, 2.24) is 0 Å². The maximum atomic E-state index is 14.0. The number of ether oxygens (including phenoxy) is 1. The average molecular weight is 354 g/mol. The summed E-state index contributed by atoms with van der Waals surface area (Å²) in [6.07, 6.45) is 1.60. The zero-order valence-electron chi connectivity index (χ0n) is 14.4. The van der Waals surface area contributed by atoms with Gasteiger partial charge in [-0.1, -0.05) is 54.6 Å². The predicted octanol–water partition coefficient (Wildman–Crippen LogP) is 5.34. The van der Waals surface area contributed by atoms with Gasteiger partial charge in [0.25, 0.3) is 0 Å². The van der Waals surface area contributed by atoms with Crippen molar-refractivity contribution < 1.29 is 9.13 Å². The molecule has 0 fully saturated rings. The van der Waals surface area contributed by atoms with Crippen LogP contribution in [0.3, 0.4) is 0 Å². The topological polar surface area (TPSA) is 56.8 Å². The summed E-state index contributed by atoms with van der Waals surface area (Å²) in [5, 5.41) is 18.7. The highest BCUT2D eigenvalue weighted by Gasteiger charge is 2.09. The number of rotatable bonds is 5. The minimum absolute atomic E-state index is 0.210. The summed E-state index contributed by atoms with van der Waals surface area (Å²) in [7, 11) is 0. The Labute approximate surface area is 157 Å². The van der Waals surface area contributed by atoms with E-state index in [4.69, 9.17) is 4.74 Å². The maximum absolute atomic E-state index is 14.0. The van der Waals surface area contributed by atoms with Gasteiger partial charge in [-0.05, 0) is 24.3 Å². The van der Waals surface area contributed by atoms with E-state index < -0.39 is 5.82 Å². The predicted molar refractivity (Wildman–Crippen MR) is 102 cm³/mol. The van der Waals surface area contributed by atoms with Crippen LogP contribution in [0.2, 0.25) is 0 Å². The standard InChI is InChI=1S/C23H15FN2O/c24-22-11-5-4-10-21(22)20(15-26)13-17-7-3-6-12-23(17)27-16-19-9-2-1-8-18(19)14-25/h1-13H,16H2. The summed E-state index contributed by atoms with van der Waals surface area (Å²) in [6, 6.07) is 24.8. The fourth-order valence-electron chi connectivity index (χ4n) is 2.65. The van der Waals surface area contributed by atoms with Crippen molar-refractivity contribution in [3.63, 3.8) is 0 Å². The van der Waals surface area contributed by atoms with Gasteiger partial charge in [-0.25, -0.2) is 4.39 Å². The zero-order valence-corrected chi connectivity index (χ0v) is 14.4. The molecule has 4 heteroatoms. The molecule has 0 N–H and O–H groups in total. The van der Waals surface area contributed by atoms with Crippen molar-refractivity contribution in [2.45, 2.75) is 6.61 Å². The third-order valence-electron chi connectivity index (χ3n) is 4.02. The average Bonchev–Trinajstić information content (AvgIpc) is 2.72. The lowest BCUT2D eigenvalue weighted by Crippen LogP contribution is -1.99. The lowest BCUT2D eigenvalue weighted by atomic mass is 10.0. The van der Waals surface area contributed by atoms with Crippen LogP contribution in [0.1, 0.15) is 22.3 Å². The summed E-state index contributed by atoms with van der Waals surface area (Å²) >= 11 is 0. The number of nitriles is 2. The number of hydrogen-bond donors (Lipinski definition) is 0. The fraction of sp³-hybridized carbons (Fsp3) is 0.0435. The maximum Gasteiger partial charge on any atom is 0.131 e. The highest BCUT2D eigenvalue weighted by Crippen LogP contribution is 2.26. The molecule has 0 saturated heterocycles. The molecule has 0 radical (unpaired) electrons. The van der Waals surface area contributed by atoms with Gasteiger partial charge in [0.1, 0.15) is 18.2 Å². The summed E-state index contributed by atoms with van der Waals surface area (Å²) in [4.78, 5) is 0. The molecule has 0 aliphatic rings. The second-order valence-corrected chi connectivity index (χ2v) is 5.75. The van der Waals surface area contributed by atoms with E-state index in [2.05, 4.69) is 6.07 Å². The van der Waals surface area contributed by atoms with Gasteiger partial charge in [0, 0.05) is 16.7 Å². The Morgan fingerprint density at radius 2 is 1.63 bits per heavy atom. The first-order chi connectivity index (χ1) is 13.2. The van der Waals surface area contributed by atoms with Crippen LogP contribution in [-0.2, 0) is 6.61 Å². The molecule has 3 aromatic rings. The molecule has 0 amide bonds. The second kappa shape index (κ2) is 8.47. The Morgan fingerprint density at radius 1 is 0.926 bits per heavy atom. The molecular formula is C23H15FN2O. The molecule has 0 unspecified atom stereocenters. The lowest BCUT2D eigenvalue weighted by molar-refractivity contribution is 0.305. The quantitative estimate of drug-likeness (QED) is 0.459. The number of halogens is 1. The van der Waals surface area contributed by atoms with Crippen molar-refractivity contribution in [2.75, 3.05) is 0 Å². The van der Waals surface area contributed by atoms with E-state index in [9.17, 15) is 14.9 Å². The summed E-state index contributed by atoms with van der Waals surface area (Å²) in [6.45, 7) is 0.218. The third kappa shape index (κ3) is 4.21. The Kier molecular flexibility index (Phi) is 5.62. The van der Waals surface area contributed by atoms with Gasteiger partial charge in [-0.3, -0.25) is 0 Å². The van der Waals surface area contributed by atoms with E-state index in [1.807, 2.05) is 30.3 Å². The normalized spacial score (nSPS) is 10.7. The van der Waals surface area contributed by atoms with Gasteiger partial charge in [-0.2, -0.15) is 10.5 Å². The van der Waals surface area contributed by atoms with Gasteiger partial charge in [0.05, 0.1) is 23.3 Å². The summed E-state index contributed by atoms with van der Waals surface area (Å²) < 4.78 is 19.9. The molecule has 0 atom stereocenters. The molecule has 0 bridgehead atoms. The minimum atomic E-state index is -0.452. The molecule has 0 aliphatic heterocycles. The molecule has 0 aliphatic carbocycles. The highest BCUT2D eigenvalue weighted by atomic mass is 19.1. The van der Waals surface area contributed by atoms with Crippen LogP contribution in [0.25, 0.3) is 11.6 Å². The number of benzene rings is 3. The van der Waals surface area contributed by atoms with Gasteiger partial charge in [0.15, 0.2) is 0 Å². The smallest absolute Gasteiger partial charge is 0.131 e. The number of nitrogens with zero attached hydrogens (tertiary/aromatic N) is 2. The molecular weight excluding hydrogens is 339 g/mol. The van der Waals surface area contributed by atoms with E-state index in [0.29, 0.717) is 16.9 Å². The van der Waals surface area contributed by atoms with Gasteiger partial charge in [-0.15, -0.1) is 0 Å². The molecule has 3 aromatic carbocycles. The fourth-order valence-corrected chi connectivity index (χ4v) is 2.65. The molecule has 3 rings (SSSR count). The zero-order chi connectivity index (χ0) is 19.1. The van der Waals surface area contributed by atoms with Crippen molar-refractivity contribution >= 4 is 11.6 Å². The van der Waals surface area contributed by atoms with E-state index in [1.54, 1.807) is 48.5 Å². The molecule has 0 saturated carbocycles. The van der Waals surface area contributed by atoms with Crippen LogP contribution in [0, 0.1) is 28.5 Å². The Balaban J connectivity index is 1.91. The van der Waals surface area contributed by atoms with Crippen molar-refractivity contribution in [1.29, 1.82) is 10.5 Å². The lowest BCUT2D eigenvalue weighted by Gasteiger charge is -2.11. The Morgan fingerprint density at radius 3 is 2.41 bits per heavy atom. The van der Waals surface area contributed by atoms with Gasteiger partial charge >= 0.3 is 0 Å². The largest absolute Gasteiger partial charge is 0.488 e. The van der Waals surface area contributed by atoms with Crippen molar-refractivity contribution in [2.24, 2.45) is 0 Å². The first-order valence-electron chi connectivity index (χ1n) is 8.29. The van der Waals surface area contributed by atoms with Crippen molar-refractivity contribution in [3.05, 3.63) is 101 Å². The van der Waals surface area contributed by atoms with Gasteiger partial charge < -0.3 is 4.74 Å². The van der Waals surface area contributed by atoms with E-state index >= 15 is 0 Å². The van der Waals surface area contributed by atoms with E-state index in [1.165, 1.54) is 6.07 Å². The number of hydrogen-bond acceptors (Lipinski definition) is 3. The molecule has 130 valence electrons. The molecule has 0 heterocycles. The number of allylic oxidation sites excluding steroid dienone is 1. The van der Waals surface area contributed by atoms with Crippen LogP contribution >= 0.6 is 0 Å². The SMILES string of the molecule is N#CC(=Cc1ccccc1OCc1ccccc1C#N)c1ccccc1F. The van der Waals surface area contributed by atoms with Crippen LogP contribution in [-0.4, -0.2) is 0 Å². The van der Waals surface area contributed by atoms with Crippen LogP contribution in [0.4, 0.5) is 4.39 Å². The van der Waals surface area contributed by atoms with Gasteiger partial charge in [0.2, 0.25) is 0 Å². The third-order valence-corrected chi connectivity index (χ3v) is 4.02. The first kappa shape index (κ1) is 17.9. The summed E-state index contributed by atoms with van der Waals surface area (Å²) in [5.41, 5.74) is 2.43. The van der Waals surface area contributed by atoms with E-state index in [-0.39, 0.29) is 17.7 Å². The molecule has 27 heavy (non-hydrogen) atoms. The van der Waals surface area contributed by atoms with Crippen LogP contribution in [0.15, 0.2) is 72.8 Å². The Bertz CT molecular complexity index is 1070. The van der Waals surface area contributed by atoms with Crippen LogP contribution < -0.4 is 4.74 Å². The van der Waals surface area contributed by atoms with E-state index in [0.717, 1.165) is 5.56 Å². The summed E-state index contributed by atoms with van der Waals surface area (Å²) in [5.74, 6) is 0.0981. The minimum Gasteiger partial charge on any atom is -0.488 e. The second-order valence-electron chi connectivity index (χ2n) is 5.75. The molecule has 0 spiro atoms. The molecule has 3 nitrogen and oxygen atoms in total. The monoisotopic (exact) mass is 354 g/mol.